The lowest BCUT2D eigenvalue weighted by molar-refractivity contribution is -0.134. The number of halogens is 1. The average Bonchev–Trinajstić information content (AvgIpc) is 2.36. The first kappa shape index (κ1) is 13.3. The van der Waals surface area contributed by atoms with Crippen LogP contribution in [0.2, 0.25) is 0 Å². The number of esters is 1. The Labute approximate surface area is 104 Å². The van der Waals surface area contributed by atoms with Crippen molar-refractivity contribution in [3.05, 3.63) is 24.3 Å². The van der Waals surface area contributed by atoms with Crippen molar-refractivity contribution in [2.45, 2.75) is 6.92 Å². The molecule has 1 aromatic rings. The molecular weight excluding hydrogens is 244 g/mol. The third kappa shape index (κ3) is 4.32. The summed E-state index contributed by atoms with van der Waals surface area (Å²) in [6.45, 7) is 1.95. The van der Waals surface area contributed by atoms with Crippen molar-refractivity contribution < 1.29 is 14.3 Å². The van der Waals surface area contributed by atoms with Gasteiger partial charge in [0.2, 0.25) is 5.17 Å². The SMILES string of the molecule is CCOC(=O)C(Cl)=NNc1ccc(OC)cc1. The van der Waals surface area contributed by atoms with Crippen LogP contribution in [0.25, 0.3) is 0 Å². The Morgan fingerprint density at radius 1 is 1.41 bits per heavy atom. The van der Waals surface area contributed by atoms with E-state index in [2.05, 4.69) is 15.3 Å². The zero-order valence-electron chi connectivity index (χ0n) is 9.57. The van der Waals surface area contributed by atoms with Crippen molar-refractivity contribution in [2.75, 3.05) is 19.1 Å². The number of rotatable bonds is 5. The minimum absolute atomic E-state index is 0.248. The molecule has 0 amide bonds. The summed E-state index contributed by atoms with van der Waals surface area (Å²) in [5.41, 5.74) is 3.32. The zero-order valence-corrected chi connectivity index (χ0v) is 10.3. The summed E-state index contributed by atoms with van der Waals surface area (Å²) in [6, 6.07) is 7.02. The number of carbonyl (C=O) groups is 1. The van der Waals surface area contributed by atoms with E-state index < -0.39 is 5.97 Å². The first-order chi connectivity index (χ1) is 8.17. The number of nitrogens with zero attached hydrogens (tertiary/aromatic N) is 1. The molecule has 5 nitrogen and oxygen atoms in total. The van der Waals surface area contributed by atoms with Crippen LogP contribution in [0, 0.1) is 0 Å². The molecule has 0 heterocycles. The number of hydrazone groups is 1. The zero-order chi connectivity index (χ0) is 12.7. The van der Waals surface area contributed by atoms with Gasteiger partial charge in [0.05, 0.1) is 19.4 Å². The van der Waals surface area contributed by atoms with Gasteiger partial charge in [-0.1, -0.05) is 11.6 Å². The Hall–Kier alpha value is -1.75. The van der Waals surface area contributed by atoms with Crippen LogP contribution < -0.4 is 10.2 Å². The van der Waals surface area contributed by atoms with Gasteiger partial charge in [0.1, 0.15) is 5.75 Å². The van der Waals surface area contributed by atoms with Gasteiger partial charge >= 0.3 is 5.97 Å². The van der Waals surface area contributed by atoms with Crippen molar-refractivity contribution in [3.63, 3.8) is 0 Å². The van der Waals surface area contributed by atoms with Crippen LogP contribution >= 0.6 is 11.6 Å². The third-order valence-electron chi connectivity index (χ3n) is 1.82. The predicted octanol–water partition coefficient (Wildman–Crippen LogP) is 2.22. The summed E-state index contributed by atoms with van der Waals surface area (Å²) in [7, 11) is 1.58. The lowest BCUT2D eigenvalue weighted by Gasteiger charge is -2.03. The fourth-order valence-electron chi connectivity index (χ4n) is 1.02. The number of methoxy groups -OCH3 is 1. The fourth-order valence-corrected chi connectivity index (χ4v) is 1.11. The second-order valence-corrected chi connectivity index (χ2v) is 3.32. The average molecular weight is 257 g/mol. The van der Waals surface area contributed by atoms with Crippen molar-refractivity contribution in [3.8, 4) is 5.75 Å². The van der Waals surface area contributed by atoms with Gasteiger partial charge in [-0.2, -0.15) is 5.10 Å². The van der Waals surface area contributed by atoms with E-state index >= 15 is 0 Å². The van der Waals surface area contributed by atoms with Crippen molar-refractivity contribution in [1.82, 2.24) is 0 Å². The van der Waals surface area contributed by atoms with Gasteiger partial charge < -0.3 is 9.47 Å². The number of carbonyl (C=O) groups excluding carboxylic acids is 1. The normalized spacial score (nSPS) is 10.9. The minimum Gasteiger partial charge on any atom is -0.497 e. The lowest BCUT2D eigenvalue weighted by Crippen LogP contribution is -2.13. The predicted molar refractivity (Wildman–Crippen MR) is 66.5 cm³/mol. The molecule has 17 heavy (non-hydrogen) atoms. The molecule has 0 unspecified atom stereocenters. The molecule has 0 saturated carbocycles. The molecule has 0 aromatic heterocycles. The number of ether oxygens (including phenoxy) is 2. The van der Waals surface area contributed by atoms with Crippen LogP contribution in [0.15, 0.2) is 29.4 Å². The molecule has 6 heteroatoms. The van der Waals surface area contributed by atoms with Crippen LogP contribution in [-0.4, -0.2) is 24.9 Å². The molecule has 0 atom stereocenters. The Kier molecular flexibility index (Phi) is 5.29. The van der Waals surface area contributed by atoms with E-state index in [9.17, 15) is 4.79 Å². The van der Waals surface area contributed by atoms with E-state index in [0.717, 1.165) is 5.75 Å². The molecule has 0 bridgehead atoms. The van der Waals surface area contributed by atoms with Gasteiger partial charge in [0.25, 0.3) is 0 Å². The number of benzene rings is 1. The van der Waals surface area contributed by atoms with Crippen LogP contribution in [0.5, 0.6) is 5.75 Å². The van der Waals surface area contributed by atoms with E-state index in [1.165, 1.54) is 0 Å². The first-order valence-corrected chi connectivity index (χ1v) is 5.35. The molecule has 1 rings (SSSR count). The molecule has 1 aromatic carbocycles. The van der Waals surface area contributed by atoms with Crippen LogP contribution in [0.4, 0.5) is 5.69 Å². The number of anilines is 1. The van der Waals surface area contributed by atoms with E-state index in [0.29, 0.717) is 5.69 Å². The molecular formula is C11H13ClN2O3. The number of hydrogen-bond acceptors (Lipinski definition) is 5. The number of nitrogens with one attached hydrogen (secondary N) is 1. The molecule has 0 aliphatic carbocycles. The van der Waals surface area contributed by atoms with Crippen molar-refractivity contribution in [2.24, 2.45) is 5.10 Å². The third-order valence-corrected chi connectivity index (χ3v) is 2.06. The van der Waals surface area contributed by atoms with Crippen LogP contribution in [-0.2, 0) is 9.53 Å². The van der Waals surface area contributed by atoms with Gasteiger partial charge in [0.15, 0.2) is 0 Å². The topological polar surface area (TPSA) is 59.9 Å². The highest BCUT2D eigenvalue weighted by atomic mass is 35.5. The van der Waals surface area contributed by atoms with Gasteiger partial charge in [-0.05, 0) is 31.2 Å². The summed E-state index contributed by atoms with van der Waals surface area (Å²) in [4.78, 5) is 11.1. The van der Waals surface area contributed by atoms with E-state index in [4.69, 9.17) is 16.3 Å². The second-order valence-electron chi connectivity index (χ2n) is 2.96. The molecule has 1 N–H and O–H groups in total. The maximum atomic E-state index is 11.1. The molecule has 92 valence electrons. The Bertz CT molecular complexity index is 404. The van der Waals surface area contributed by atoms with Crippen LogP contribution in [0.1, 0.15) is 6.92 Å². The van der Waals surface area contributed by atoms with Gasteiger partial charge in [-0.15, -0.1) is 0 Å². The monoisotopic (exact) mass is 256 g/mol. The molecule has 0 aliphatic heterocycles. The summed E-state index contributed by atoms with van der Waals surface area (Å²) < 4.78 is 9.67. The highest BCUT2D eigenvalue weighted by Crippen LogP contribution is 2.14. The Morgan fingerprint density at radius 3 is 2.59 bits per heavy atom. The standard InChI is InChI=1S/C11H13ClN2O3/c1-3-17-11(15)10(12)14-13-8-4-6-9(16-2)7-5-8/h4-7,13H,3H2,1-2H3. The second kappa shape index (κ2) is 6.75. The maximum absolute atomic E-state index is 11.1. The van der Waals surface area contributed by atoms with Crippen molar-refractivity contribution >= 4 is 28.4 Å². The summed E-state index contributed by atoms with van der Waals surface area (Å²) in [5, 5.41) is 3.44. The first-order valence-electron chi connectivity index (χ1n) is 4.97. The minimum atomic E-state index is -0.657. The van der Waals surface area contributed by atoms with Gasteiger partial charge in [-0.25, -0.2) is 4.79 Å². The number of hydrogen-bond donors (Lipinski definition) is 1. The quantitative estimate of drug-likeness (QED) is 0.499. The molecule has 0 spiro atoms. The summed E-state index contributed by atoms with van der Waals surface area (Å²) in [5.74, 6) is 0.0752. The van der Waals surface area contributed by atoms with E-state index in [-0.39, 0.29) is 11.8 Å². The highest BCUT2D eigenvalue weighted by Gasteiger charge is 2.08. The van der Waals surface area contributed by atoms with Gasteiger partial charge in [-0.3, -0.25) is 5.43 Å². The smallest absolute Gasteiger partial charge is 0.370 e. The fraction of sp³-hybridized carbons (Fsp3) is 0.273. The van der Waals surface area contributed by atoms with E-state index in [1.54, 1.807) is 38.3 Å². The van der Waals surface area contributed by atoms with Crippen LogP contribution in [0.3, 0.4) is 0 Å². The molecule has 0 saturated heterocycles. The molecule has 0 fully saturated rings. The lowest BCUT2D eigenvalue weighted by atomic mass is 10.3. The Morgan fingerprint density at radius 2 is 2.06 bits per heavy atom. The highest BCUT2D eigenvalue weighted by molar-refractivity contribution is 6.82. The largest absolute Gasteiger partial charge is 0.497 e. The maximum Gasteiger partial charge on any atom is 0.370 e. The van der Waals surface area contributed by atoms with E-state index in [1.807, 2.05) is 0 Å². The Balaban J connectivity index is 2.59. The van der Waals surface area contributed by atoms with Crippen molar-refractivity contribution in [1.29, 1.82) is 0 Å². The van der Waals surface area contributed by atoms with Gasteiger partial charge in [0, 0.05) is 0 Å². The molecule has 0 radical (unpaired) electrons. The molecule has 0 aliphatic rings. The summed E-state index contributed by atoms with van der Waals surface area (Å²) >= 11 is 5.61. The summed E-state index contributed by atoms with van der Waals surface area (Å²) in [6.07, 6.45) is 0.